The molecule has 7 unspecified atom stereocenters. The maximum Gasteiger partial charge on any atom is 0.0594 e. The minimum atomic E-state index is -0.150. The molecular weight excluding hydrogens is 332 g/mol. The van der Waals surface area contributed by atoms with Gasteiger partial charge in [-0.25, -0.2) is 0 Å². The minimum Gasteiger partial charge on any atom is -0.396 e. The molecule has 2 fully saturated rings. The second-order valence-electron chi connectivity index (χ2n) is 11.9. The molecule has 0 aromatic heterocycles. The summed E-state index contributed by atoms with van der Waals surface area (Å²) in [5.74, 6) is 1.67. The summed E-state index contributed by atoms with van der Waals surface area (Å²) in [5, 5.41) is 20.6. The van der Waals surface area contributed by atoms with E-state index in [4.69, 9.17) is 0 Å². The Bertz CT molecular complexity index is 649. The van der Waals surface area contributed by atoms with Gasteiger partial charge in [0.05, 0.1) is 6.10 Å². The van der Waals surface area contributed by atoms with E-state index in [0.717, 1.165) is 12.8 Å². The summed E-state index contributed by atoms with van der Waals surface area (Å²) < 4.78 is 0. The average molecular weight is 375 g/mol. The van der Waals surface area contributed by atoms with E-state index in [2.05, 4.69) is 41.5 Å². The Labute approximate surface area is 166 Å². The number of rotatable bonds is 2. The van der Waals surface area contributed by atoms with Gasteiger partial charge in [0.15, 0.2) is 0 Å². The van der Waals surface area contributed by atoms with Crippen LogP contribution in [-0.2, 0) is 0 Å². The van der Waals surface area contributed by atoms with Crippen LogP contribution in [0.15, 0.2) is 11.1 Å². The van der Waals surface area contributed by atoms with Crippen molar-refractivity contribution in [2.45, 2.75) is 99.0 Å². The van der Waals surface area contributed by atoms with Crippen molar-refractivity contribution in [1.29, 1.82) is 0 Å². The SMILES string of the molecule is CC(CO)C1CCC2(C)C3=C(CCC12C)C1(C)CCC(O)C(C)(C)C1CC3. The van der Waals surface area contributed by atoms with Gasteiger partial charge in [-0.1, -0.05) is 52.7 Å². The first-order chi connectivity index (χ1) is 12.5. The molecule has 27 heavy (non-hydrogen) atoms. The fraction of sp³-hybridized carbons (Fsp3) is 0.920. The second-order valence-corrected chi connectivity index (χ2v) is 11.9. The largest absolute Gasteiger partial charge is 0.396 e. The van der Waals surface area contributed by atoms with Gasteiger partial charge in [-0.2, -0.15) is 0 Å². The van der Waals surface area contributed by atoms with Crippen LogP contribution in [0.2, 0.25) is 0 Å². The predicted octanol–water partition coefficient (Wildman–Crippen LogP) is 5.73. The van der Waals surface area contributed by atoms with Crippen LogP contribution < -0.4 is 0 Å². The molecule has 2 heteroatoms. The molecule has 4 rings (SSSR count). The monoisotopic (exact) mass is 374 g/mol. The van der Waals surface area contributed by atoms with Crippen LogP contribution in [0.4, 0.5) is 0 Å². The molecule has 0 aliphatic heterocycles. The molecule has 0 saturated heterocycles. The number of aliphatic hydroxyl groups excluding tert-OH is 2. The van der Waals surface area contributed by atoms with E-state index in [1.807, 2.05) is 0 Å². The van der Waals surface area contributed by atoms with Crippen molar-refractivity contribution in [3.63, 3.8) is 0 Å². The van der Waals surface area contributed by atoms with Gasteiger partial charge >= 0.3 is 0 Å². The molecule has 4 aliphatic rings. The van der Waals surface area contributed by atoms with Crippen LogP contribution in [0.5, 0.6) is 0 Å². The summed E-state index contributed by atoms with van der Waals surface area (Å²) in [7, 11) is 0. The highest BCUT2D eigenvalue weighted by molar-refractivity contribution is 5.38. The lowest BCUT2D eigenvalue weighted by Gasteiger charge is -2.62. The van der Waals surface area contributed by atoms with E-state index in [9.17, 15) is 10.2 Å². The molecule has 2 nitrogen and oxygen atoms in total. The lowest BCUT2D eigenvalue weighted by Crippen LogP contribution is -2.55. The highest BCUT2D eigenvalue weighted by Gasteiger charge is 2.63. The molecule has 0 amide bonds. The molecular formula is C25H42O2. The molecule has 4 aliphatic carbocycles. The standard InChI is InChI=1S/C25H42O2/c1-16(15-26)17-9-13-25(6)19-7-8-20-22(2,3)21(27)11-12-23(20,4)18(19)10-14-24(17,25)5/h16-17,20-21,26-27H,7-15H2,1-6H3. The van der Waals surface area contributed by atoms with Crippen molar-refractivity contribution in [1.82, 2.24) is 0 Å². The van der Waals surface area contributed by atoms with Crippen molar-refractivity contribution in [2.75, 3.05) is 6.61 Å². The van der Waals surface area contributed by atoms with E-state index >= 15 is 0 Å². The average Bonchev–Trinajstić information content (AvgIpc) is 2.90. The summed E-state index contributed by atoms with van der Waals surface area (Å²) in [5.41, 5.74) is 4.54. The zero-order chi connectivity index (χ0) is 19.8. The van der Waals surface area contributed by atoms with Crippen LogP contribution in [0.3, 0.4) is 0 Å². The van der Waals surface area contributed by atoms with Crippen molar-refractivity contribution in [2.24, 2.45) is 39.4 Å². The highest BCUT2D eigenvalue weighted by atomic mass is 16.3. The molecule has 0 bridgehead atoms. The third-order valence-electron chi connectivity index (χ3n) is 10.8. The van der Waals surface area contributed by atoms with E-state index in [1.165, 1.54) is 38.5 Å². The van der Waals surface area contributed by atoms with Gasteiger partial charge in [-0.3, -0.25) is 0 Å². The Morgan fingerprint density at radius 2 is 1.63 bits per heavy atom. The molecule has 154 valence electrons. The van der Waals surface area contributed by atoms with Gasteiger partial charge in [0.1, 0.15) is 0 Å². The maximum absolute atomic E-state index is 10.7. The number of hydrogen-bond acceptors (Lipinski definition) is 2. The van der Waals surface area contributed by atoms with Gasteiger partial charge < -0.3 is 10.2 Å². The summed E-state index contributed by atoms with van der Waals surface area (Å²) in [6.07, 6.45) is 9.53. The summed E-state index contributed by atoms with van der Waals surface area (Å²) in [4.78, 5) is 0. The fourth-order valence-electron chi connectivity index (χ4n) is 8.76. The molecule has 0 heterocycles. The molecule has 2 saturated carbocycles. The number of hydrogen-bond donors (Lipinski definition) is 2. The van der Waals surface area contributed by atoms with Crippen LogP contribution in [0, 0.1) is 39.4 Å². The Balaban J connectivity index is 1.77. The van der Waals surface area contributed by atoms with E-state index in [0.29, 0.717) is 35.2 Å². The normalized spacial score (nSPS) is 50.0. The number of fused-ring (bicyclic) bond motifs is 4. The minimum absolute atomic E-state index is 0.0246. The van der Waals surface area contributed by atoms with Crippen molar-refractivity contribution >= 4 is 0 Å². The highest BCUT2D eigenvalue weighted by Crippen LogP contribution is 2.72. The molecule has 0 aromatic rings. The summed E-state index contributed by atoms with van der Waals surface area (Å²) in [6.45, 7) is 14.9. The zero-order valence-electron chi connectivity index (χ0n) is 18.6. The number of allylic oxidation sites excluding steroid dienone is 2. The van der Waals surface area contributed by atoms with E-state index in [1.54, 1.807) is 11.1 Å². The fourth-order valence-corrected chi connectivity index (χ4v) is 8.76. The molecule has 0 aromatic carbocycles. The Morgan fingerprint density at radius 3 is 2.30 bits per heavy atom. The maximum atomic E-state index is 10.7. The first-order valence-corrected chi connectivity index (χ1v) is 11.5. The quantitative estimate of drug-likeness (QED) is 0.606. The van der Waals surface area contributed by atoms with Crippen LogP contribution in [-0.4, -0.2) is 22.9 Å². The van der Waals surface area contributed by atoms with Gasteiger partial charge in [0.2, 0.25) is 0 Å². The van der Waals surface area contributed by atoms with Crippen LogP contribution in [0.25, 0.3) is 0 Å². The Morgan fingerprint density at radius 1 is 0.926 bits per heavy atom. The Kier molecular flexibility index (Phi) is 4.49. The van der Waals surface area contributed by atoms with E-state index < -0.39 is 0 Å². The van der Waals surface area contributed by atoms with Crippen molar-refractivity contribution in [3.8, 4) is 0 Å². The van der Waals surface area contributed by atoms with Crippen LogP contribution in [0.1, 0.15) is 92.9 Å². The first kappa shape index (κ1) is 20.0. The van der Waals surface area contributed by atoms with Crippen LogP contribution >= 0.6 is 0 Å². The summed E-state index contributed by atoms with van der Waals surface area (Å²) in [6, 6.07) is 0. The third-order valence-corrected chi connectivity index (χ3v) is 10.8. The molecule has 0 spiro atoms. The second kappa shape index (κ2) is 6.08. The number of aliphatic hydroxyl groups is 2. The van der Waals surface area contributed by atoms with E-state index in [-0.39, 0.29) is 16.9 Å². The summed E-state index contributed by atoms with van der Waals surface area (Å²) >= 11 is 0. The van der Waals surface area contributed by atoms with Gasteiger partial charge in [0.25, 0.3) is 0 Å². The lowest BCUT2D eigenvalue weighted by atomic mass is 9.43. The smallest absolute Gasteiger partial charge is 0.0594 e. The van der Waals surface area contributed by atoms with Crippen molar-refractivity contribution < 1.29 is 10.2 Å². The predicted molar refractivity (Wildman–Crippen MR) is 111 cm³/mol. The van der Waals surface area contributed by atoms with Crippen molar-refractivity contribution in [3.05, 3.63) is 11.1 Å². The molecule has 0 radical (unpaired) electrons. The lowest BCUT2D eigenvalue weighted by molar-refractivity contribution is -0.0964. The van der Waals surface area contributed by atoms with Gasteiger partial charge in [-0.15, -0.1) is 0 Å². The molecule has 7 atom stereocenters. The van der Waals surface area contributed by atoms with Gasteiger partial charge in [0, 0.05) is 6.61 Å². The zero-order valence-corrected chi connectivity index (χ0v) is 18.6. The molecule has 2 N–H and O–H groups in total. The topological polar surface area (TPSA) is 40.5 Å². The Hall–Kier alpha value is -0.340. The first-order valence-electron chi connectivity index (χ1n) is 11.5. The third kappa shape index (κ3) is 2.38. The van der Waals surface area contributed by atoms with Gasteiger partial charge in [-0.05, 0) is 90.8 Å².